The van der Waals surface area contributed by atoms with Crippen LogP contribution in [0.2, 0.25) is 0 Å². The van der Waals surface area contributed by atoms with Gasteiger partial charge >= 0.3 is 0 Å². The third-order valence-electron chi connectivity index (χ3n) is 8.88. The molecule has 6 atom stereocenters. The van der Waals surface area contributed by atoms with E-state index in [4.69, 9.17) is 23.7 Å². The molecule has 4 heterocycles. The van der Waals surface area contributed by atoms with Gasteiger partial charge in [0.15, 0.2) is 12.5 Å². The molecular weight excluding hydrogens is 626 g/mol. The lowest BCUT2D eigenvalue weighted by molar-refractivity contribution is -0.340. The van der Waals surface area contributed by atoms with Gasteiger partial charge in [0.1, 0.15) is 31.0 Å². The van der Waals surface area contributed by atoms with E-state index in [0.29, 0.717) is 37.2 Å². The van der Waals surface area contributed by atoms with Crippen LogP contribution in [0.5, 0.6) is 11.8 Å². The molecule has 2 aliphatic rings. The van der Waals surface area contributed by atoms with Crippen LogP contribution in [-0.2, 0) is 33.9 Å². The highest BCUT2D eigenvalue weighted by Crippen LogP contribution is 2.37. The predicted octanol–water partition coefficient (Wildman–Crippen LogP) is 4.26. The van der Waals surface area contributed by atoms with E-state index in [2.05, 4.69) is 51.8 Å². The van der Waals surface area contributed by atoms with Gasteiger partial charge in [-0.15, -0.1) is 5.10 Å². The Hall–Kier alpha value is -4.69. The fourth-order valence-electron chi connectivity index (χ4n) is 6.20. The van der Waals surface area contributed by atoms with E-state index in [9.17, 15) is 10.2 Å². The molecule has 0 bridgehead atoms. The highest BCUT2D eigenvalue weighted by molar-refractivity contribution is 5.68. The second-order valence-corrected chi connectivity index (χ2v) is 12.1. The van der Waals surface area contributed by atoms with Crippen LogP contribution >= 0.6 is 0 Å². The standard InChI is InChI=1S/C37H39N5O7/c1-23-27(14-9-15-29(23)24-10-5-3-6-11-24)21-46-31-17-16-26(35(39-31)45-2)18-38-19-28-20-42(41-40-28)36-33(44)32(43)34-30(48-36)22-47-37(49-34)25-12-7-4-8-13-25/h3-17,20,30,32-34,36-38,43-44H,18-19,21-22H2,1-2H3/t30-,32-,33-,34-,36-,37-/m1/s1. The van der Waals surface area contributed by atoms with Crippen LogP contribution in [-0.4, -0.2) is 68.3 Å². The number of methoxy groups -OCH3 is 1. The van der Waals surface area contributed by atoms with Crippen molar-refractivity contribution in [2.24, 2.45) is 0 Å². The smallest absolute Gasteiger partial charge is 0.220 e. The summed E-state index contributed by atoms with van der Waals surface area (Å²) in [5.41, 5.74) is 6.87. The second kappa shape index (κ2) is 14.8. The van der Waals surface area contributed by atoms with E-state index in [0.717, 1.165) is 22.3 Å². The van der Waals surface area contributed by atoms with Crippen molar-refractivity contribution in [3.05, 3.63) is 125 Å². The van der Waals surface area contributed by atoms with Crippen molar-refractivity contribution in [1.29, 1.82) is 0 Å². The SMILES string of the molecule is COc1nc(OCc2cccc(-c3ccccc3)c2C)ccc1CNCc1cn([C@@H]2O[C@@H]3CO[C@@H](c4ccccc4)O[C@H]3[C@H](O)[C@H]2O)nn1. The summed E-state index contributed by atoms with van der Waals surface area (Å²) in [5, 5.41) is 33.6. The Morgan fingerprint density at radius 3 is 2.47 bits per heavy atom. The number of nitrogens with zero attached hydrogens (tertiary/aromatic N) is 4. The van der Waals surface area contributed by atoms with Gasteiger partial charge < -0.3 is 39.2 Å². The van der Waals surface area contributed by atoms with E-state index >= 15 is 0 Å². The first-order valence-corrected chi connectivity index (χ1v) is 16.2. The van der Waals surface area contributed by atoms with Gasteiger partial charge in [-0.3, -0.25) is 0 Å². The number of aromatic nitrogens is 4. The molecule has 0 radical (unpaired) electrons. The molecule has 254 valence electrons. The molecule has 12 heteroatoms. The number of pyridine rings is 1. The van der Waals surface area contributed by atoms with Crippen LogP contribution in [0.4, 0.5) is 0 Å². The molecule has 2 saturated heterocycles. The Morgan fingerprint density at radius 2 is 1.67 bits per heavy atom. The molecule has 0 unspecified atom stereocenters. The minimum Gasteiger partial charge on any atom is -0.481 e. The van der Waals surface area contributed by atoms with Crippen LogP contribution in [0.25, 0.3) is 11.1 Å². The number of benzene rings is 3. The summed E-state index contributed by atoms with van der Waals surface area (Å²) >= 11 is 0. The van der Waals surface area contributed by atoms with Gasteiger partial charge in [0.25, 0.3) is 0 Å². The van der Waals surface area contributed by atoms with Crippen molar-refractivity contribution in [2.75, 3.05) is 13.7 Å². The first-order valence-electron chi connectivity index (χ1n) is 16.2. The first-order chi connectivity index (χ1) is 24.0. The summed E-state index contributed by atoms with van der Waals surface area (Å²) in [5.74, 6) is 0.921. The predicted molar refractivity (Wildman–Crippen MR) is 178 cm³/mol. The molecular formula is C37H39N5O7. The summed E-state index contributed by atoms with van der Waals surface area (Å²) in [6.07, 6.45) is -3.79. The minimum atomic E-state index is -1.29. The topological polar surface area (TPSA) is 142 Å². The molecule has 3 N–H and O–H groups in total. The molecule has 2 fully saturated rings. The van der Waals surface area contributed by atoms with Crippen LogP contribution in [0.15, 0.2) is 97.2 Å². The first kappa shape index (κ1) is 32.8. The van der Waals surface area contributed by atoms with Crippen molar-refractivity contribution >= 4 is 0 Å². The van der Waals surface area contributed by atoms with Crippen LogP contribution in [0, 0.1) is 6.92 Å². The summed E-state index contributed by atoms with van der Waals surface area (Å²) in [7, 11) is 1.58. The monoisotopic (exact) mass is 665 g/mol. The summed E-state index contributed by atoms with van der Waals surface area (Å²) in [6.45, 7) is 3.49. The third-order valence-corrected chi connectivity index (χ3v) is 8.88. The maximum atomic E-state index is 11.0. The third kappa shape index (κ3) is 7.20. The van der Waals surface area contributed by atoms with Crippen molar-refractivity contribution in [1.82, 2.24) is 25.3 Å². The Labute approximate surface area is 284 Å². The molecule has 7 rings (SSSR count). The lowest BCUT2D eigenvalue weighted by Gasteiger charge is -2.46. The molecule has 0 aliphatic carbocycles. The van der Waals surface area contributed by atoms with Crippen LogP contribution < -0.4 is 14.8 Å². The quantitative estimate of drug-likeness (QED) is 0.186. The average molecular weight is 666 g/mol. The Morgan fingerprint density at radius 1 is 0.878 bits per heavy atom. The molecule has 5 aromatic rings. The van der Waals surface area contributed by atoms with Gasteiger partial charge in [0, 0.05) is 30.3 Å². The van der Waals surface area contributed by atoms with Crippen molar-refractivity contribution in [3.8, 4) is 22.9 Å². The maximum absolute atomic E-state index is 11.0. The van der Waals surface area contributed by atoms with Crippen molar-refractivity contribution in [2.45, 2.75) is 63.6 Å². The summed E-state index contributed by atoms with van der Waals surface area (Å²) in [6, 6.07) is 29.7. The molecule has 3 aromatic carbocycles. The van der Waals surface area contributed by atoms with E-state index in [1.807, 2.05) is 66.7 Å². The Balaban J connectivity index is 0.928. The maximum Gasteiger partial charge on any atom is 0.220 e. The van der Waals surface area contributed by atoms with E-state index in [-0.39, 0.29) is 6.61 Å². The van der Waals surface area contributed by atoms with Gasteiger partial charge in [-0.05, 0) is 35.2 Å². The molecule has 0 saturated carbocycles. The number of aliphatic hydroxyl groups is 2. The summed E-state index contributed by atoms with van der Waals surface area (Å²) in [4.78, 5) is 4.57. The lowest BCUT2D eigenvalue weighted by atomic mass is 9.97. The summed E-state index contributed by atoms with van der Waals surface area (Å²) < 4.78 is 31.0. The van der Waals surface area contributed by atoms with Crippen molar-refractivity contribution < 1.29 is 33.9 Å². The number of fused-ring (bicyclic) bond motifs is 1. The van der Waals surface area contributed by atoms with Crippen LogP contribution in [0.3, 0.4) is 0 Å². The zero-order valence-electron chi connectivity index (χ0n) is 27.3. The molecule has 0 spiro atoms. The molecule has 0 amide bonds. The van der Waals surface area contributed by atoms with E-state index < -0.39 is 36.9 Å². The Bertz CT molecular complexity index is 1840. The number of nitrogens with one attached hydrogen (secondary N) is 1. The number of hydrogen-bond donors (Lipinski definition) is 3. The fourth-order valence-corrected chi connectivity index (χ4v) is 6.20. The van der Waals surface area contributed by atoms with Gasteiger partial charge in [0.2, 0.25) is 11.8 Å². The van der Waals surface area contributed by atoms with E-state index in [1.165, 1.54) is 15.8 Å². The number of aliphatic hydroxyl groups excluding tert-OH is 2. The molecule has 12 nitrogen and oxygen atoms in total. The molecule has 49 heavy (non-hydrogen) atoms. The van der Waals surface area contributed by atoms with E-state index in [1.54, 1.807) is 13.3 Å². The average Bonchev–Trinajstić information content (AvgIpc) is 3.62. The van der Waals surface area contributed by atoms with Crippen molar-refractivity contribution in [3.63, 3.8) is 0 Å². The Kier molecular flexibility index (Phi) is 9.94. The normalized spacial score (nSPS) is 23.5. The van der Waals surface area contributed by atoms with Gasteiger partial charge in [-0.1, -0.05) is 84.1 Å². The number of rotatable bonds is 11. The highest BCUT2D eigenvalue weighted by atomic mass is 16.7. The number of hydrogen-bond acceptors (Lipinski definition) is 11. The second-order valence-electron chi connectivity index (χ2n) is 12.1. The van der Waals surface area contributed by atoms with Gasteiger partial charge in [0.05, 0.1) is 25.6 Å². The minimum absolute atomic E-state index is 0.189. The zero-order chi connectivity index (χ0) is 33.7. The molecule has 2 aromatic heterocycles. The lowest BCUT2D eigenvalue weighted by Crippen LogP contribution is -2.60. The largest absolute Gasteiger partial charge is 0.481 e. The molecule has 2 aliphatic heterocycles. The van der Waals surface area contributed by atoms with Crippen LogP contribution in [0.1, 0.15) is 40.5 Å². The van der Waals surface area contributed by atoms with Gasteiger partial charge in [-0.2, -0.15) is 4.98 Å². The zero-order valence-corrected chi connectivity index (χ0v) is 27.3. The van der Waals surface area contributed by atoms with Gasteiger partial charge in [-0.25, -0.2) is 4.68 Å². The highest BCUT2D eigenvalue weighted by Gasteiger charge is 2.49. The fraction of sp³-hybridized carbons (Fsp3) is 0.324. The number of ether oxygens (including phenoxy) is 5.